The van der Waals surface area contributed by atoms with E-state index in [1.165, 1.54) is 57.8 Å². The minimum Gasteiger partial charge on any atom is -0.0654 e. The highest BCUT2D eigenvalue weighted by Gasteiger charge is 2.38. The minimum absolute atomic E-state index is 0.490. The standard InChI is InChI=1S/C21H42/c1-8-9-10-11-12-13-17-14-18(20(2,3)4)16-19(15-17)21(5,6)7/h17-19H,8-16H2,1-7H3. The Morgan fingerprint density at radius 1 is 0.667 bits per heavy atom. The summed E-state index contributed by atoms with van der Waals surface area (Å²) in [6.45, 7) is 17.1. The van der Waals surface area contributed by atoms with Crippen molar-refractivity contribution in [1.82, 2.24) is 0 Å². The molecule has 1 aliphatic carbocycles. The Morgan fingerprint density at radius 2 is 1.14 bits per heavy atom. The van der Waals surface area contributed by atoms with Gasteiger partial charge >= 0.3 is 0 Å². The van der Waals surface area contributed by atoms with E-state index in [1.54, 1.807) is 0 Å². The molecule has 21 heavy (non-hydrogen) atoms. The van der Waals surface area contributed by atoms with Crippen LogP contribution < -0.4 is 0 Å². The van der Waals surface area contributed by atoms with Gasteiger partial charge in [0.05, 0.1) is 0 Å². The molecule has 0 aromatic heterocycles. The van der Waals surface area contributed by atoms with Gasteiger partial charge < -0.3 is 0 Å². The zero-order valence-corrected chi connectivity index (χ0v) is 16.1. The molecule has 0 heteroatoms. The van der Waals surface area contributed by atoms with Crippen LogP contribution in [0, 0.1) is 28.6 Å². The van der Waals surface area contributed by atoms with Crippen molar-refractivity contribution in [1.29, 1.82) is 0 Å². The third-order valence-electron chi connectivity index (χ3n) is 5.97. The van der Waals surface area contributed by atoms with Gasteiger partial charge in [0.25, 0.3) is 0 Å². The average Bonchev–Trinajstić information content (AvgIpc) is 2.36. The lowest BCUT2D eigenvalue weighted by Crippen LogP contribution is -2.36. The molecule has 2 unspecified atom stereocenters. The number of unbranched alkanes of at least 4 members (excludes halogenated alkanes) is 4. The van der Waals surface area contributed by atoms with Gasteiger partial charge in [-0.15, -0.1) is 0 Å². The minimum atomic E-state index is 0.490. The molecule has 1 aliphatic rings. The van der Waals surface area contributed by atoms with E-state index in [-0.39, 0.29) is 0 Å². The van der Waals surface area contributed by atoms with E-state index in [0.717, 1.165) is 17.8 Å². The van der Waals surface area contributed by atoms with Gasteiger partial charge in [-0.3, -0.25) is 0 Å². The van der Waals surface area contributed by atoms with Crippen LogP contribution in [-0.4, -0.2) is 0 Å². The predicted octanol–water partition coefficient (Wildman–Crippen LogP) is 7.47. The van der Waals surface area contributed by atoms with Crippen LogP contribution in [0.25, 0.3) is 0 Å². The second-order valence-electron chi connectivity index (χ2n) is 9.90. The molecular formula is C21H42. The third kappa shape index (κ3) is 6.74. The molecule has 0 aromatic rings. The fourth-order valence-electron chi connectivity index (χ4n) is 4.12. The lowest BCUT2D eigenvalue weighted by molar-refractivity contribution is 0.0461. The van der Waals surface area contributed by atoms with Crippen molar-refractivity contribution in [2.24, 2.45) is 28.6 Å². The van der Waals surface area contributed by atoms with Gasteiger partial charge in [0, 0.05) is 0 Å². The van der Waals surface area contributed by atoms with Crippen LogP contribution >= 0.6 is 0 Å². The zero-order valence-electron chi connectivity index (χ0n) is 16.1. The number of hydrogen-bond acceptors (Lipinski definition) is 0. The van der Waals surface area contributed by atoms with E-state index in [9.17, 15) is 0 Å². The first-order valence-electron chi connectivity index (χ1n) is 9.64. The van der Waals surface area contributed by atoms with Crippen molar-refractivity contribution in [3.63, 3.8) is 0 Å². The van der Waals surface area contributed by atoms with Crippen LogP contribution in [0.2, 0.25) is 0 Å². The monoisotopic (exact) mass is 294 g/mol. The maximum Gasteiger partial charge on any atom is -0.0354 e. The summed E-state index contributed by atoms with van der Waals surface area (Å²) in [6, 6.07) is 0. The van der Waals surface area contributed by atoms with E-state index in [2.05, 4.69) is 48.5 Å². The predicted molar refractivity (Wildman–Crippen MR) is 96.6 cm³/mol. The molecule has 0 bridgehead atoms. The molecule has 0 N–H and O–H groups in total. The average molecular weight is 295 g/mol. The van der Waals surface area contributed by atoms with Gasteiger partial charge in [-0.1, -0.05) is 87.0 Å². The van der Waals surface area contributed by atoms with Gasteiger partial charge in [-0.25, -0.2) is 0 Å². The zero-order chi connectivity index (χ0) is 16.1. The molecule has 1 saturated carbocycles. The van der Waals surface area contributed by atoms with Crippen LogP contribution in [0.5, 0.6) is 0 Å². The van der Waals surface area contributed by atoms with Gasteiger partial charge in [0.2, 0.25) is 0 Å². The highest BCUT2D eigenvalue weighted by molar-refractivity contribution is 4.89. The molecule has 0 amide bonds. The Kier molecular flexibility index (Phi) is 7.28. The quantitative estimate of drug-likeness (QED) is 0.446. The van der Waals surface area contributed by atoms with Crippen molar-refractivity contribution in [3.8, 4) is 0 Å². The molecule has 0 radical (unpaired) electrons. The Balaban J connectivity index is 2.54. The Morgan fingerprint density at radius 3 is 1.57 bits per heavy atom. The molecule has 1 fully saturated rings. The molecule has 0 heterocycles. The van der Waals surface area contributed by atoms with Crippen molar-refractivity contribution < 1.29 is 0 Å². The maximum absolute atomic E-state index is 2.46. The number of rotatable bonds is 6. The van der Waals surface area contributed by atoms with Crippen LogP contribution in [-0.2, 0) is 0 Å². The molecule has 2 atom stereocenters. The topological polar surface area (TPSA) is 0 Å². The first-order valence-corrected chi connectivity index (χ1v) is 9.64. The Hall–Kier alpha value is 0. The lowest BCUT2D eigenvalue weighted by atomic mass is 9.60. The molecule has 0 spiro atoms. The van der Waals surface area contributed by atoms with Crippen LogP contribution in [0.1, 0.15) is 106 Å². The van der Waals surface area contributed by atoms with Gasteiger partial charge in [0.15, 0.2) is 0 Å². The SMILES string of the molecule is CCCCCCCC1CC(C(C)(C)C)CC(C(C)(C)C)C1. The highest BCUT2D eigenvalue weighted by atomic mass is 14.4. The Labute approximate surface area is 135 Å². The van der Waals surface area contributed by atoms with Gasteiger partial charge in [0.1, 0.15) is 0 Å². The molecule has 1 rings (SSSR count). The second-order valence-corrected chi connectivity index (χ2v) is 9.90. The van der Waals surface area contributed by atoms with Crippen molar-refractivity contribution in [2.75, 3.05) is 0 Å². The van der Waals surface area contributed by atoms with Crippen LogP contribution in [0.3, 0.4) is 0 Å². The van der Waals surface area contributed by atoms with E-state index in [1.807, 2.05) is 0 Å². The van der Waals surface area contributed by atoms with E-state index in [4.69, 9.17) is 0 Å². The summed E-state index contributed by atoms with van der Waals surface area (Å²) in [5, 5.41) is 0. The smallest absolute Gasteiger partial charge is 0.0354 e. The largest absolute Gasteiger partial charge is 0.0654 e. The number of hydrogen-bond donors (Lipinski definition) is 0. The third-order valence-corrected chi connectivity index (χ3v) is 5.97. The molecule has 126 valence electrons. The first-order chi connectivity index (χ1) is 9.64. The van der Waals surface area contributed by atoms with Crippen molar-refractivity contribution in [3.05, 3.63) is 0 Å². The summed E-state index contributed by atoms with van der Waals surface area (Å²) in [6.07, 6.45) is 13.1. The van der Waals surface area contributed by atoms with E-state index < -0.39 is 0 Å². The van der Waals surface area contributed by atoms with E-state index >= 15 is 0 Å². The molecule has 0 aromatic carbocycles. The van der Waals surface area contributed by atoms with E-state index in [0.29, 0.717) is 10.8 Å². The van der Waals surface area contributed by atoms with Gasteiger partial charge in [-0.2, -0.15) is 0 Å². The molecule has 0 saturated heterocycles. The van der Waals surface area contributed by atoms with Crippen molar-refractivity contribution >= 4 is 0 Å². The van der Waals surface area contributed by atoms with Gasteiger partial charge in [-0.05, 0) is 47.8 Å². The first kappa shape index (κ1) is 19.0. The summed E-state index contributed by atoms with van der Waals surface area (Å²) in [5.41, 5.74) is 0.981. The van der Waals surface area contributed by atoms with Crippen molar-refractivity contribution in [2.45, 2.75) is 106 Å². The lowest BCUT2D eigenvalue weighted by Gasteiger charge is -2.46. The summed E-state index contributed by atoms with van der Waals surface area (Å²) >= 11 is 0. The summed E-state index contributed by atoms with van der Waals surface area (Å²) in [4.78, 5) is 0. The molecule has 0 nitrogen and oxygen atoms in total. The fraction of sp³-hybridized carbons (Fsp3) is 1.00. The second kappa shape index (κ2) is 8.02. The fourth-order valence-corrected chi connectivity index (χ4v) is 4.12. The maximum atomic E-state index is 2.46. The van der Waals surface area contributed by atoms with Crippen LogP contribution in [0.4, 0.5) is 0 Å². The Bertz CT molecular complexity index is 253. The highest BCUT2D eigenvalue weighted by Crippen LogP contribution is 2.49. The summed E-state index contributed by atoms with van der Waals surface area (Å²) in [7, 11) is 0. The van der Waals surface area contributed by atoms with Crippen LogP contribution in [0.15, 0.2) is 0 Å². The molecular weight excluding hydrogens is 252 g/mol. The summed E-state index contributed by atoms with van der Waals surface area (Å²) < 4.78 is 0. The normalized spacial score (nSPS) is 27.9. The summed E-state index contributed by atoms with van der Waals surface area (Å²) in [5.74, 6) is 2.85. The molecule has 0 aliphatic heterocycles.